The largest absolute Gasteiger partial charge is 0.346 e. The van der Waals surface area contributed by atoms with Crippen molar-refractivity contribution in [2.75, 3.05) is 0 Å². The van der Waals surface area contributed by atoms with Crippen LogP contribution in [0.3, 0.4) is 0 Å². The van der Waals surface area contributed by atoms with Crippen molar-refractivity contribution in [1.29, 1.82) is 0 Å². The number of hydrogen-bond acceptors (Lipinski definition) is 1. The first kappa shape index (κ1) is 6.68. The summed E-state index contributed by atoms with van der Waals surface area (Å²) in [6.07, 6.45) is 1.87. The van der Waals surface area contributed by atoms with Gasteiger partial charge in [0.1, 0.15) is 5.65 Å². The van der Waals surface area contributed by atoms with Gasteiger partial charge in [-0.2, -0.15) is 0 Å². The SMILES string of the molecule is ClCc1ccc2cc[nH]c2n1. The normalized spacial score (nSPS) is 10.6. The first-order valence-corrected chi connectivity index (χ1v) is 3.92. The Morgan fingerprint density at radius 3 is 3.09 bits per heavy atom. The van der Waals surface area contributed by atoms with Crippen LogP contribution in [-0.4, -0.2) is 9.97 Å². The Balaban J connectivity index is 2.67. The summed E-state index contributed by atoms with van der Waals surface area (Å²) in [6, 6.07) is 5.93. The maximum Gasteiger partial charge on any atom is 0.137 e. The third kappa shape index (κ3) is 1.10. The van der Waals surface area contributed by atoms with Crippen LogP contribution in [0.25, 0.3) is 11.0 Å². The average Bonchev–Trinajstić information content (AvgIpc) is 2.50. The molecule has 0 aliphatic carbocycles. The summed E-state index contributed by atoms with van der Waals surface area (Å²) in [5.41, 5.74) is 1.81. The van der Waals surface area contributed by atoms with Gasteiger partial charge in [0.05, 0.1) is 11.6 Å². The molecule has 1 N–H and O–H groups in total. The molecule has 0 saturated carbocycles. The highest BCUT2D eigenvalue weighted by molar-refractivity contribution is 6.16. The number of rotatable bonds is 1. The molecule has 0 aromatic carbocycles. The number of hydrogen-bond donors (Lipinski definition) is 1. The average molecular weight is 167 g/mol. The lowest BCUT2D eigenvalue weighted by atomic mass is 10.3. The molecule has 0 aliphatic rings. The Kier molecular flexibility index (Phi) is 1.55. The van der Waals surface area contributed by atoms with Crippen LogP contribution >= 0.6 is 11.6 Å². The van der Waals surface area contributed by atoms with E-state index in [-0.39, 0.29) is 0 Å². The lowest BCUT2D eigenvalue weighted by Crippen LogP contribution is -1.83. The molecule has 2 aromatic rings. The number of nitrogens with zero attached hydrogens (tertiary/aromatic N) is 1. The molecule has 0 amide bonds. The standard InChI is InChI=1S/C8H7ClN2/c9-5-7-2-1-6-3-4-10-8(6)11-7/h1-4H,5H2,(H,10,11). The Morgan fingerprint density at radius 1 is 1.36 bits per heavy atom. The predicted molar refractivity (Wildman–Crippen MR) is 45.7 cm³/mol. The molecule has 0 bridgehead atoms. The van der Waals surface area contributed by atoms with E-state index in [0.29, 0.717) is 5.88 Å². The molecule has 0 radical (unpaired) electrons. The van der Waals surface area contributed by atoms with E-state index in [0.717, 1.165) is 16.7 Å². The Labute approximate surface area is 69.2 Å². The minimum atomic E-state index is 0.467. The maximum atomic E-state index is 5.62. The molecule has 0 spiro atoms. The molecule has 3 heteroatoms. The van der Waals surface area contributed by atoms with Crippen LogP contribution in [0.4, 0.5) is 0 Å². The Morgan fingerprint density at radius 2 is 2.27 bits per heavy atom. The fourth-order valence-corrected chi connectivity index (χ4v) is 1.19. The molecule has 56 valence electrons. The number of aromatic nitrogens is 2. The number of halogens is 1. The van der Waals surface area contributed by atoms with Crippen LogP contribution in [-0.2, 0) is 5.88 Å². The first-order chi connectivity index (χ1) is 5.40. The van der Waals surface area contributed by atoms with E-state index in [1.165, 1.54) is 0 Å². The van der Waals surface area contributed by atoms with E-state index in [1.54, 1.807) is 0 Å². The fraction of sp³-hybridized carbons (Fsp3) is 0.125. The van der Waals surface area contributed by atoms with Crippen molar-refractivity contribution in [1.82, 2.24) is 9.97 Å². The molecule has 2 nitrogen and oxygen atoms in total. The monoisotopic (exact) mass is 166 g/mol. The number of alkyl halides is 1. The molecular formula is C8H7ClN2. The van der Waals surface area contributed by atoms with Crippen molar-refractivity contribution in [2.24, 2.45) is 0 Å². The second-order valence-electron chi connectivity index (χ2n) is 2.35. The zero-order chi connectivity index (χ0) is 7.68. The summed E-state index contributed by atoms with van der Waals surface area (Å²) < 4.78 is 0. The molecule has 0 fully saturated rings. The second kappa shape index (κ2) is 2.55. The van der Waals surface area contributed by atoms with Crippen LogP contribution in [0.2, 0.25) is 0 Å². The van der Waals surface area contributed by atoms with E-state index < -0.39 is 0 Å². The fourth-order valence-electron chi connectivity index (χ4n) is 1.05. The van der Waals surface area contributed by atoms with Gasteiger partial charge in [0.15, 0.2) is 0 Å². The summed E-state index contributed by atoms with van der Waals surface area (Å²) in [5, 5.41) is 1.12. The minimum Gasteiger partial charge on any atom is -0.346 e. The highest BCUT2D eigenvalue weighted by Crippen LogP contribution is 2.10. The van der Waals surface area contributed by atoms with E-state index in [9.17, 15) is 0 Å². The van der Waals surface area contributed by atoms with Crippen molar-refractivity contribution in [3.05, 3.63) is 30.1 Å². The molecule has 0 aliphatic heterocycles. The van der Waals surface area contributed by atoms with Gasteiger partial charge in [0.25, 0.3) is 0 Å². The molecule has 0 atom stereocenters. The molecule has 11 heavy (non-hydrogen) atoms. The number of nitrogens with one attached hydrogen (secondary N) is 1. The van der Waals surface area contributed by atoms with Gasteiger partial charge in [-0.25, -0.2) is 4.98 Å². The summed E-state index contributed by atoms with van der Waals surface area (Å²) in [7, 11) is 0. The Hall–Kier alpha value is -1.02. The molecule has 2 rings (SSSR count). The maximum absolute atomic E-state index is 5.62. The molecule has 0 unspecified atom stereocenters. The molecule has 2 aromatic heterocycles. The lowest BCUT2D eigenvalue weighted by molar-refractivity contribution is 1.19. The van der Waals surface area contributed by atoms with E-state index >= 15 is 0 Å². The molecule has 2 heterocycles. The van der Waals surface area contributed by atoms with Gasteiger partial charge in [0.2, 0.25) is 0 Å². The predicted octanol–water partition coefficient (Wildman–Crippen LogP) is 2.30. The van der Waals surface area contributed by atoms with Crippen molar-refractivity contribution >= 4 is 22.6 Å². The number of fused-ring (bicyclic) bond motifs is 1. The van der Waals surface area contributed by atoms with Gasteiger partial charge >= 0.3 is 0 Å². The van der Waals surface area contributed by atoms with Gasteiger partial charge < -0.3 is 4.98 Å². The van der Waals surface area contributed by atoms with Gasteiger partial charge in [-0.3, -0.25) is 0 Å². The van der Waals surface area contributed by atoms with E-state index in [4.69, 9.17) is 11.6 Å². The van der Waals surface area contributed by atoms with E-state index in [1.807, 2.05) is 24.4 Å². The van der Waals surface area contributed by atoms with Crippen LogP contribution in [0.5, 0.6) is 0 Å². The van der Waals surface area contributed by atoms with E-state index in [2.05, 4.69) is 9.97 Å². The molecule has 0 saturated heterocycles. The van der Waals surface area contributed by atoms with Gasteiger partial charge in [-0.1, -0.05) is 0 Å². The smallest absolute Gasteiger partial charge is 0.137 e. The van der Waals surface area contributed by atoms with Crippen LogP contribution in [0, 0.1) is 0 Å². The van der Waals surface area contributed by atoms with Crippen molar-refractivity contribution in [3.63, 3.8) is 0 Å². The van der Waals surface area contributed by atoms with Gasteiger partial charge in [0, 0.05) is 11.6 Å². The van der Waals surface area contributed by atoms with Crippen molar-refractivity contribution < 1.29 is 0 Å². The lowest BCUT2D eigenvalue weighted by Gasteiger charge is -1.92. The van der Waals surface area contributed by atoms with Crippen LogP contribution in [0.1, 0.15) is 5.69 Å². The number of pyridine rings is 1. The number of H-pyrrole nitrogens is 1. The zero-order valence-electron chi connectivity index (χ0n) is 5.84. The van der Waals surface area contributed by atoms with Crippen LogP contribution in [0.15, 0.2) is 24.4 Å². The van der Waals surface area contributed by atoms with Crippen molar-refractivity contribution in [3.8, 4) is 0 Å². The Bertz CT molecular complexity index is 367. The second-order valence-corrected chi connectivity index (χ2v) is 2.62. The first-order valence-electron chi connectivity index (χ1n) is 3.39. The molecular weight excluding hydrogens is 160 g/mol. The quantitative estimate of drug-likeness (QED) is 0.647. The van der Waals surface area contributed by atoms with Crippen LogP contribution < -0.4 is 0 Å². The van der Waals surface area contributed by atoms with Gasteiger partial charge in [-0.15, -0.1) is 11.6 Å². The summed E-state index contributed by atoms with van der Waals surface area (Å²) in [6.45, 7) is 0. The number of aromatic amines is 1. The third-order valence-corrected chi connectivity index (χ3v) is 1.88. The topological polar surface area (TPSA) is 28.7 Å². The minimum absolute atomic E-state index is 0.467. The van der Waals surface area contributed by atoms with Gasteiger partial charge in [-0.05, 0) is 18.2 Å². The summed E-state index contributed by atoms with van der Waals surface area (Å²) in [4.78, 5) is 7.29. The third-order valence-electron chi connectivity index (χ3n) is 1.60. The highest BCUT2D eigenvalue weighted by Gasteiger charge is 1.95. The zero-order valence-corrected chi connectivity index (χ0v) is 6.60. The van der Waals surface area contributed by atoms with Crippen molar-refractivity contribution in [2.45, 2.75) is 5.88 Å². The highest BCUT2D eigenvalue weighted by atomic mass is 35.5. The summed E-state index contributed by atoms with van der Waals surface area (Å²) >= 11 is 5.62. The summed E-state index contributed by atoms with van der Waals surface area (Å²) in [5.74, 6) is 0.467.